The summed E-state index contributed by atoms with van der Waals surface area (Å²) in [5, 5.41) is 3.84. The van der Waals surface area contributed by atoms with Gasteiger partial charge in [0.15, 0.2) is 5.82 Å². The molecule has 1 rings (SSSR count). The Labute approximate surface area is 106 Å². The van der Waals surface area contributed by atoms with Crippen molar-refractivity contribution in [3.8, 4) is 0 Å². The third kappa shape index (κ3) is 3.20. The Morgan fingerprint density at radius 3 is 2.61 bits per heavy atom. The minimum Gasteiger partial charge on any atom is -0.381 e. The van der Waals surface area contributed by atoms with Crippen molar-refractivity contribution in [3.05, 3.63) is 6.20 Å². The average Bonchev–Trinajstić information content (AvgIpc) is 2.68. The van der Waals surface area contributed by atoms with E-state index in [1.807, 2.05) is 6.92 Å². The number of nitrogens with two attached hydrogens (primary N) is 1. The quantitative estimate of drug-likeness (QED) is 0.705. The number of amides is 1. The Hall–Kier alpha value is -1.61. The smallest absolute Gasteiger partial charge is 0.246 e. The number of hydrogen-bond acceptors (Lipinski definition) is 5. The molecule has 1 aromatic rings. The fraction of sp³-hybridized carbons (Fsp3) is 0.556. The van der Waals surface area contributed by atoms with Gasteiger partial charge >= 0.3 is 0 Å². The molecule has 0 fully saturated rings. The predicted molar refractivity (Wildman–Crippen MR) is 66.2 cm³/mol. The number of aryl methyl sites for hydroxylation is 1. The van der Waals surface area contributed by atoms with Crippen molar-refractivity contribution in [1.82, 2.24) is 19.4 Å². The number of anilines is 1. The lowest BCUT2D eigenvalue weighted by Crippen LogP contribution is -2.36. The first-order valence-electron chi connectivity index (χ1n) is 5.30. The number of nitrogens with one attached hydrogen (secondary N) is 1. The van der Waals surface area contributed by atoms with Crippen LogP contribution in [-0.4, -0.2) is 49.6 Å². The van der Waals surface area contributed by atoms with Gasteiger partial charge in [-0.25, -0.2) is 13.1 Å². The zero-order valence-electron chi connectivity index (χ0n) is 10.5. The lowest BCUT2D eigenvalue weighted by atomic mass is 10.6. The van der Waals surface area contributed by atoms with Crippen LogP contribution in [-0.2, 0) is 21.4 Å². The van der Waals surface area contributed by atoms with E-state index in [0.29, 0.717) is 6.54 Å². The van der Waals surface area contributed by atoms with Crippen molar-refractivity contribution < 1.29 is 13.2 Å². The highest BCUT2D eigenvalue weighted by Gasteiger charge is 2.21. The maximum absolute atomic E-state index is 11.9. The molecule has 1 amide bonds. The number of nitrogen functional groups attached to an aromatic ring is 1. The predicted octanol–water partition coefficient (Wildman–Crippen LogP) is -1.15. The third-order valence-corrected chi connectivity index (χ3v) is 3.70. The summed E-state index contributed by atoms with van der Waals surface area (Å²) in [6.45, 7) is 2.01. The summed E-state index contributed by atoms with van der Waals surface area (Å²) in [6.07, 6.45) is 1.33. The zero-order valence-corrected chi connectivity index (χ0v) is 11.4. The highest BCUT2D eigenvalue weighted by atomic mass is 32.2. The summed E-state index contributed by atoms with van der Waals surface area (Å²) in [5.41, 5.74) is 5.52. The summed E-state index contributed by atoms with van der Waals surface area (Å²) in [7, 11) is -0.731. The molecule has 0 aliphatic carbocycles. The Bertz CT molecular complexity index is 534. The second-order valence-corrected chi connectivity index (χ2v) is 5.58. The number of nitrogens with zero attached hydrogens (tertiary/aromatic N) is 3. The number of likely N-dealkylation sites (N-methyl/N-ethyl adjacent to an activating group) is 1. The van der Waals surface area contributed by atoms with E-state index in [1.165, 1.54) is 15.8 Å². The van der Waals surface area contributed by atoms with Crippen molar-refractivity contribution >= 4 is 21.7 Å². The van der Waals surface area contributed by atoms with Gasteiger partial charge in [-0.05, 0) is 6.92 Å². The molecule has 0 saturated heterocycles. The molecule has 0 radical (unpaired) electrons. The second kappa shape index (κ2) is 5.36. The van der Waals surface area contributed by atoms with Gasteiger partial charge in [0, 0.05) is 26.8 Å². The molecule has 1 aromatic heterocycles. The van der Waals surface area contributed by atoms with E-state index >= 15 is 0 Å². The van der Waals surface area contributed by atoms with Crippen LogP contribution in [0.3, 0.4) is 0 Å². The maximum Gasteiger partial charge on any atom is 0.246 e. The van der Waals surface area contributed by atoms with Crippen molar-refractivity contribution in [3.63, 3.8) is 0 Å². The Morgan fingerprint density at radius 1 is 1.56 bits per heavy atom. The van der Waals surface area contributed by atoms with E-state index < -0.39 is 10.0 Å². The zero-order chi connectivity index (χ0) is 13.9. The summed E-state index contributed by atoms with van der Waals surface area (Å²) >= 11 is 0. The first kappa shape index (κ1) is 14.5. The van der Waals surface area contributed by atoms with Gasteiger partial charge in [-0.1, -0.05) is 0 Å². The van der Waals surface area contributed by atoms with E-state index in [0.717, 1.165) is 0 Å². The number of hydrogen-bond donors (Lipinski definition) is 2. The van der Waals surface area contributed by atoms with Crippen LogP contribution in [0.25, 0.3) is 0 Å². The largest absolute Gasteiger partial charge is 0.381 e. The summed E-state index contributed by atoms with van der Waals surface area (Å²) in [6, 6.07) is 0. The molecule has 0 atom stereocenters. The van der Waals surface area contributed by atoms with Crippen LogP contribution in [0.4, 0.5) is 5.82 Å². The van der Waals surface area contributed by atoms with E-state index in [-0.39, 0.29) is 23.2 Å². The van der Waals surface area contributed by atoms with Gasteiger partial charge in [-0.3, -0.25) is 9.48 Å². The van der Waals surface area contributed by atoms with Gasteiger partial charge in [0.1, 0.15) is 4.90 Å². The van der Waals surface area contributed by atoms with E-state index in [2.05, 4.69) is 9.82 Å². The number of carbonyl (C=O) groups excluding carboxylic acids is 1. The molecule has 1 heterocycles. The number of aromatic nitrogens is 2. The fourth-order valence-electron chi connectivity index (χ4n) is 1.18. The molecule has 0 aliphatic rings. The summed E-state index contributed by atoms with van der Waals surface area (Å²) in [5.74, 6) is -0.429. The SMILES string of the molecule is CCn1cc(S(=O)(=O)NCC(=O)N(C)C)c(N)n1. The van der Waals surface area contributed by atoms with Gasteiger partial charge in [0.25, 0.3) is 0 Å². The summed E-state index contributed by atoms with van der Waals surface area (Å²) < 4.78 is 27.4. The van der Waals surface area contributed by atoms with Gasteiger partial charge in [-0.15, -0.1) is 0 Å². The van der Waals surface area contributed by atoms with Crippen molar-refractivity contribution in [2.24, 2.45) is 0 Å². The van der Waals surface area contributed by atoms with E-state index in [4.69, 9.17) is 5.73 Å². The first-order chi connectivity index (χ1) is 8.27. The van der Waals surface area contributed by atoms with E-state index in [1.54, 1.807) is 14.1 Å². The number of carbonyl (C=O) groups is 1. The van der Waals surface area contributed by atoms with Gasteiger partial charge < -0.3 is 10.6 Å². The topological polar surface area (TPSA) is 110 Å². The van der Waals surface area contributed by atoms with Crippen LogP contribution in [0.1, 0.15) is 6.92 Å². The van der Waals surface area contributed by atoms with Crippen LogP contribution in [0.5, 0.6) is 0 Å². The van der Waals surface area contributed by atoms with E-state index in [9.17, 15) is 13.2 Å². The standard InChI is InChI=1S/C9H17N5O3S/c1-4-14-6-7(9(10)12-14)18(16,17)11-5-8(15)13(2)3/h6,11H,4-5H2,1-3H3,(H2,10,12). The lowest BCUT2D eigenvalue weighted by molar-refractivity contribution is -0.127. The van der Waals surface area contributed by atoms with Gasteiger partial charge in [0.05, 0.1) is 6.54 Å². The summed E-state index contributed by atoms with van der Waals surface area (Å²) in [4.78, 5) is 12.5. The molecule has 9 heteroatoms. The first-order valence-corrected chi connectivity index (χ1v) is 6.79. The lowest BCUT2D eigenvalue weighted by Gasteiger charge is -2.10. The molecule has 8 nitrogen and oxygen atoms in total. The number of rotatable bonds is 5. The van der Waals surface area contributed by atoms with Crippen molar-refractivity contribution in [2.45, 2.75) is 18.4 Å². The van der Waals surface area contributed by atoms with Gasteiger partial charge in [-0.2, -0.15) is 5.10 Å². The Kier molecular flexibility index (Phi) is 4.30. The molecule has 0 spiro atoms. The normalized spacial score (nSPS) is 11.5. The van der Waals surface area contributed by atoms with Crippen LogP contribution in [0.2, 0.25) is 0 Å². The molecular weight excluding hydrogens is 258 g/mol. The molecule has 18 heavy (non-hydrogen) atoms. The minimum atomic E-state index is -3.81. The maximum atomic E-state index is 11.9. The monoisotopic (exact) mass is 275 g/mol. The minimum absolute atomic E-state index is 0.0818. The molecule has 0 unspecified atom stereocenters. The third-order valence-electron chi connectivity index (χ3n) is 2.28. The van der Waals surface area contributed by atoms with Crippen LogP contribution < -0.4 is 10.5 Å². The highest BCUT2D eigenvalue weighted by molar-refractivity contribution is 7.89. The number of sulfonamides is 1. The second-order valence-electron chi connectivity index (χ2n) is 3.85. The molecule has 0 aliphatic heterocycles. The van der Waals surface area contributed by atoms with Crippen LogP contribution >= 0.6 is 0 Å². The Morgan fingerprint density at radius 2 is 2.17 bits per heavy atom. The van der Waals surface area contributed by atoms with Crippen LogP contribution in [0, 0.1) is 0 Å². The molecule has 102 valence electrons. The van der Waals surface area contributed by atoms with Crippen LogP contribution in [0.15, 0.2) is 11.1 Å². The highest BCUT2D eigenvalue weighted by Crippen LogP contribution is 2.15. The molecule has 0 aromatic carbocycles. The molecule has 3 N–H and O–H groups in total. The average molecular weight is 275 g/mol. The fourth-order valence-corrected chi connectivity index (χ4v) is 2.23. The van der Waals surface area contributed by atoms with Crippen molar-refractivity contribution in [1.29, 1.82) is 0 Å². The molecule has 0 bridgehead atoms. The molecule has 0 saturated carbocycles. The van der Waals surface area contributed by atoms with Crippen molar-refractivity contribution in [2.75, 3.05) is 26.4 Å². The van der Waals surface area contributed by atoms with Gasteiger partial charge in [0.2, 0.25) is 15.9 Å². The Balaban J connectivity index is 2.86. The molecular formula is C9H17N5O3S.